The fraction of sp³-hybridized carbons (Fsp3) is 0.810. The largest absolute Gasteiger partial charge is 0.435 e. The van der Waals surface area contributed by atoms with Gasteiger partial charge in [-0.05, 0) is 62.2 Å². The molecule has 0 radical (unpaired) electrons. The third-order valence-corrected chi connectivity index (χ3v) is 10.0. The molecule has 0 aromatic carbocycles. The molecule has 7 nitrogen and oxygen atoms in total. The van der Waals surface area contributed by atoms with Gasteiger partial charge in [-0.25, -0.2) is 0 Å². The first kappa shape index (κ1) is 16.1. The maximum absolute atomic E-state index is 14.0. The highest BCUT2D eigenvalue weighted by Crippen LogP contribution is 2.75. The number of ketones is 1. The summed E-state index contributed by atoms with van der Waals surface area (Å²) in [5, 5.41) is 10.3. The van der Waals surface area contributed by atoms with Gasteiger partial charge in [-0.3, -0.25) is 19.2 Å². The first-order valence-corrected chi connectivity index (χ1v) is 10.6. The molecular weight excluding hydrogens is 364 g/mol. The summed E-state index contributed by atoms with van der Waals surface area (Å²) in [5.74, 6) is -2.14. The molecule has 0 aromatic rings. The monoisotopic (exact) mass is 386 g/mol. The third kappa shape index (κ3) is 1.44. The van der Waals surface area contributed by atoms with E-state index in [1.807, 2.05) is 0 Å². The summed E-state index contributed by atoms with van der Waals surface area (Å²) in [6.45, 7) is 0. The fourth-order valence-electron chi connectivity index (χ4n) is 9.33. The number of fused-ring (bicyclic) bond motifs is 12. The molecule has 5 saturated carbocycles. The van der Waals surface area contributed by atoms with E-state index < -0.39 is 35.0 Å². The van der Waals surface area contributed by atoms with Crippen molar-refractivity contribution >= 4 is 23.7 Å². The van der Waals surface area contributed by atoms with Crippen molar-refractivity contribution in [2.75, 3.05) is 0 Å². The quantitative estimate of drug-likeness (QED) is 0.485. The van der Waals surface area contributed by atoms with E-state index >= 15 is 0 Å². The summed E-state index contributed by atoms with van der Waals surface area (Å²) in [6.07, 6.45) is 3.39. The zero-order valence-corrected chi connectivity index (χ0v) is 15.3. The molecule has 11 atom stereocenters. The number of carbonyl (C=O) groups excluding carboxylic acids is 4. The number of rotatable bonds is 0. The van der Waals surface area contributed by atoms with Gasteiger partial charge in [0.05, 0.1) is 17.8 Å². The lowest BCUT2D eigenvalue weighted by Gasteiger charge is -2.42. The molecule has 2 heterocycles. The van der Waals surface area contributed by atoms with Crippen molar-refractivity contribution in [1.82, 2.24) is 0 Å². The minimum atomic E-state index is -1.10. The summed E-state index contributed by atoms with van der Waals surface area (Å²) in [5.41, 5.74) is -1.02. The fourth-order valence-corrected chi connectivity index (χ4v) is 9.33. The van der Waals surface area contributed by atoms with Gasteiger partial charge < -0.3 is 14.6 Å². The molecule has 1 N–H and O–H groups in total. The SMILES string of the molecule is O=C1OC(=O)C2C1C1CC2C2(CCC3(CC4CC3C3C(O)OC(=O)[C@H]43)C2=O)C1. The Labute approximate surface area is 161 Å². The summed E-state index contributed by atoms with van der Waals surface area (Å²) in [4.78, 5) is 50.6. The summed E-state index contributed by atoms with van der Waals surface area (Å²) >= 11 is 0. The van der Waals surface area contributed by atoms with Gasteiger partial charge in [0.25, 0.3) is 0 Å². The highest BCUT2D eigenvalue weighted by molar-refractivity contribution is 6.01. The molecule has 2 aliphatic heterocycles. The minimum absolute atomic E-state index is 0.0112. The average Bonchev–Trinajstić information content (AvgIpc) is 3.46. The van der Waals surface area contributed by atoms with Crippen molar-refractivity contribution in [2.24, 2.45) is 58.2 Å². The van der Waals surface area contributed by atoms with Crippen molar-refractivity contribution in [2.45, 2.75) is 44.8 Å². The molecule has 4 bridgehead atoms. The molecule has 28 heavy (non-hydrogen) atoms. The molecule has 7 aliphatic rings. The molecule has 2 spiro atoms. The minimum Gasteiger partial charge on any atom is -0.435 e. The molecule has 0 amide bonds. The van der Waals surface area contributed by atoms with Crippen LogP contribution in [0.1, 0.15) is 38.5 Å². The first-order chi connectivity index (χ1) is 13.4. The van der Waals surface area contributed by atoms with Crippen LogP contribution in [0.4, 0.5) is 0 Å². The van der Waals surface area contributed by atoms with Crippen LogP contribution in [0.5, 0.6) is 0 Å². The Balaban J connectivity index is 1.26. The summed E-state index contributed by atoms with van der Waals surface area (Å²) in [7, 11) is 0. The van der Waals surface area contributed by atoms with Crippen LogP contribution >= 0.6 is 0 Å². The lowest BCUT2D eigenvalue weighted by molar-refractivity contribution is -0.160. The van der Waals surface area contributed by atoms with Gasteiger partial charge in [-0.15, -0.1) is 0 Å². The maximum atomic E-state index is 14.0. The van der Waals surface area contributed by atoms with Crippen molar-refractivity contribution < 1.29 is 33.8 Å². The topological polar surface area (TPSA) is 107 Å². The summed E-state index contributed by atoms with van der Waals surface area (Å²) < 4.78 is 10.0. The van der Waals surface area contributed by atoms with E-state index in [-0.39, 0.29) is 53.2 Å². The van der Waals surface area contributed by atoms with Crippen LogP contribution in [-0.2, 0) is 28.7 Å². The van der Waals surface area contributed by atoms with Crippen molar-refractivity contribution in [3.05, 3.63) is 0 Å². The molecule has 5 aliphatic carbocycles. The number of hydrogen-bond acceptors (Lipinski definition) is 7. The zero-order valence-electron chi connectivity index (χ0n) is 15.3. The Morgan fingerprint density at radius 3 is 2.14 bits per heavy atom. The molecule has 7 rings (SSSR count). The second-order valence-corrected chi connectivity index (χ2v) is 10.5. The van der Waals surface area contributed by atoms with Crippen molar-refractivity contribution in [3.63, 3.8) is 0 Å². The number of ether oxygens (including phenoxy) is 2. The predicted molar refractivity (Wildman–Crippen MR) is 88.7 cm³/mol. The van der Waals surface area contributed by atoms with Gasteiger partial charge in [0.2, 0.25) is 6.29 Å². The highest BCUT2D eigenvalue weighted by atomic mass is 16.6. The second-order valence-electron chi connectivity index (χ2n) is 10.5. The molecule has 0 aromatic heterocycles. The number of esters is 3. The Kier molecular flexibility index (Phi) is 2.60. The van der Waals surface area contributed by atoms with Crippen molar-refractivity contribution in [3.8, 4) is 0 Å². The summed E-state index contributed by atoms with van der Waals surface area (Å²) in [6, 6.07) is 0. The van der Waals surface area contributed by atoms with Gasteiger partial charge in [0, 0.05) is 16.7 Å². The van der Waals surface area contributed by atoms with Gasteiger partial charge >= 0.3 is 17.9 Å². The van der Waals surface area contributed by atoms with Gasteiger partial charge in [-0.2, -0.15) is 0 Å². The Morgan fingerprint density at radius 2 is 1.39 bits per heavy atom. The van der Waals surface area contributed by atoms with Crippen molar-refractivity contribution in [1.29, 1.82) is 0 Å². The Morgan fingerprint density at radius 1 is 0.786 bits per heavy atom. The van der Waals surface area contributed by atoms with E-state index in [0.717, 1.165) is 25.7 Å². The van der Waals surface area contributed by atoms with Crippen LogP contribution in [0.3, 0.4) is 0 Å². The number of cyclic esters (lactones) is 3. The van der Waals surface area contributed by atoms with E-state index in [9.17, 15) is 24.3 Å². The smallest absolute Gasteiger partial charge is 0.317 e. The molecule has 10 unspecified atom stereocenters. The normalized spacial score (nSPS) is 60.2. The van der Waals surface area contributed by atoms with E-state index in [1.54, 1.807) is 0 Å². The highest BCUT2D eigenvalue weighted by Gasteiger charge is 2.78. The van der Waals surface area contributed by atoms with Crippen LogP contribution in [0.15, 0.2) is 0 Å². The molecular formula is C21H22O7. The first-order valence-electron chi connectivity index (χ1n) is 10.6. The number of Topliss-reactive ketones (excluding diaryl/α,β-unsaturated/α-hetero) is 1. The van der Waals surface area contributed by atoms with Crippen LogP contribution in [-0.4, -0.2) is 35.1 Å². The molecule has 148 valence electrons. The van der Waals surface area contributed by atoms with E-state index in [4.69, 9.17) is 9.47 Å². The second kappa shape index (κ2) is 4.53. The van der Waals surface area contributed by atoms with Crippen LogP contribution in [0.2, 0.25) is 0 Å². The standard InChI is InChI=1S/C21H22O7/c22-15-11-7-3-9(13(11)17(24)27-15)20(5-7)1-2-21(19(20)26)6-8-4-10(21)14-12(8)16(23)28-18(14)25/h7-14,17,24H,1-6H2/t7?,8?,9?,10?,11-,12?,13?,14?,17?,20?,21?/m1/s1. The van der Waals surface area contributed by atoms with E-state index in [1.165, 1.54) is 0 Å². The number of hydrogen-bond donors (Lipinski definition) is 1. The molecule has 7 heteroatoms. The van der Waals surface area contributed by atoms with Crippen LogP contribution in [0, 0.1) is 58.2 Å². The van der Waals surface area contributed by atoms with Gasteiger partial charge in [-0.1, -0.05) is 0 Å². The Bertz CT molecular complexity index is 880. The number of aliphatic hydroxyl groups excluding tert-OH is 1. The van der Waals surface area contributed by atoms with E-state index in [2.05, 4.69) is 0 Å². The van der Waals surface area contributed by atoms with Crippen LogP contribution in [0.25, 0.3) is 0 Å². The maximum Gasteiger partial charge on any atom is 0.317 e. The molecule has 2 saturated heterocycles. The lowest BCUT2D eigenvalue weighted by atomic mass is 9.58. The van der Waals surface area contributed by atoms with Gasteiger partial charge in [0.1, 0.15) is 5.78 Å². The third-order valence-electron chi connectivity index (χ3n) is 10.0. The lowest BCUT2D eigenvalue weighted by Crippen LogP contribution is -2.49. The van der Waals surface area contributed by atoms with Crippen LogP contribution < -0.4 is 0 Å². The number of aliphatic hydroxyl groups is 1. The predicted octanol–water partition coefficient (Wildman–Crippen LogP) is 0.825. The van der Waals surface area contributed by atoms with E-state index in [0.29, 0.717) is 12.8 Å². The zero-order chi connectivity index (χ0) is 19.2. The molecule has 7 fully saturated rings. The Hall–Kier alpha value is -1.76. The average molecular weight is 386 g/mol. The van der Waals surface area contributed by atoms with Gasteiger partial charge in [0.15, 0.2) is 0 Å². The number of carbonyl (C=O) groups is 4.